The van der Waals surface area contributed by atoms with E-state index >= 15 is 0 Å². The van der Waals surface area contributed by atoms with Crippen molar-refractivity contribution in [3.8, 4) is 5.40 Å². The average Bonchev–Trinajstić information content (AvgIpc) is 2.19. The van der Waals surface area contributed by atoms with Gasteiger partial charge in [0.25, 0.3) is 0 Å². The van der Waals surface area contributed by atoms with Crippen LogP contribution < -0.4 is 18.9 Å². The van der Waals surface area contributed by atoms with Gasteiger partial charge in [-0.3, -0.25) is 0 Å². The molecular weight excluding hydrogens is 133 g/mol. The quantitative estimate of drug-likeness (QED) is 0.301. The molecule has 9 heavy (non-hydrogen) atoms. The first-order valence-electron chi connectivity index (χ1n) is 2.21. The van der Waals surface area contributed by atoms with Gasteiger partial charge in [0.05, 0.1) is 13.2 Å². The molecule has 1 saturated heterocycles. The van der Waals surface area contributed by atoms with Gasteiger partial charge in [0.2, 0.25) is 5.62 Å². The molecule has 0 radical (unpaired) electrons. The number of thiocyanates is 1. The Morgan fingerprint density at radius 1 is 1.56 bits per heavy atom. The third-order valence-electron chi connectivity index (χ3n) is 0.740. The van der Waals surface area contributed by atoms with E-state index in [1.165, 1.54) is 0 Å². The Labute approximate surface area is 71.4 Å². The van der Waals surface area contributed by atoms with Crippen LogP contribution in [0.2, 0.25) is 0 Å². The van der Waals surface area contributed by atoms with Crippen molar-refractivity contribution in [1.82, 2.24) is 0 Å². The van der Waals surface area contributed by atoms with Crippen molar-refractivity contribution in [2.45, 2.75) is 5.62 Å². The molecule has 1 aliphatic heterocycles. The number of rotatable bonds is 1. The van der Waals surface area contributed by atoms with Crippen molar-refractivity contribution in [1.29, 1.82) is 5.26 Å². The molecule has 0 aliphatic carbocycles. The first kappa shape index (κ1) is 9.36. The number of thioether (sulfide) groups is 1. The molecule has 0 aromatic carbocycles. The van der Waals surface area contributed by atoms with Crippen LogP contribution >= 0.6 is 11.8 Å². The molecule has 0 atom stereocenters. The maximum atomic E-state index is 8.08. The molecule has 0 amide bonds. The van der Waals surface area contributed by atoms with E-state index in [0.29, 0.717) is 13.2 Å². The van der Waals surface area contributed by atoms with Gasteiger partial charge >= 0.3 is 18.9 Å². The molecule has 46 valence electrons. The summed E-state index contributed by atoms with van der Waals surface area (Å²) in [5.41, 5.74) is -0.333. The van der Waals surface area contributed by atoms with Crippen molar-refractivity contribution < 1.29 is 29.8 Å². The van der Waals surface area contributed by atoms with Crippen LogP contribution in [-0.4, -0.2) is 18.8 Å². The molecule has 1 rings (SSSR count). The van der Waals surface area contributed by atoms with Gasteiger partial charge in [-0.1, -0.05) is 0 Å². The fourth-order valence-electron chi connectivity index (χ4n) is 0.448. The Kier molecular flexibility index (Phi) is 5.37. The number of nitrogens with zero attached hydrogens (tertiary/aromatic N) is 1. The predicted molar refractivity (Wildman–Crippen MR) is 30.0 cm³/mol. The van der Waals surface area contributed by atoms with E-state index in [-0.39, 0.29) is 25.9 Å². The Morgan fingerprint density at radius 2 is 2.11 bits per heavy atom. The fraction of sp³-hybridized carbons (Fsp3) is 0.750. The summed E-state index contributed by atoms with van der Waals surface area (Å²) in [5.74, 6) is 0. The Hall–Kier alpha value is 0.357. The second-order valence-corrected chi connectivity index (χ2v) is 2.04. The summed E-state index contributed by atoms with van der Waals surface area (Å²) in [6.07, 6.45) is 0. The Morgan fingerprint density at radius 3 is 2.56 bits per heavy atom. The van der Waals surface area contributed by atoms with E-state index < -0.39 is 0 Å². The van der Waals surface area contributed by atoms with E-state index in [2.05, 4.69) is 0 Å². The maximum Gasteiger partial charge on any atom is 1.00 e. The molecule has 1 fully saturated rings. The normalized spacial score (nSPS) is 18.6. The summed E-state index contributed by atoms with van der Waals surface area (Å²) in [7, 11) is 0. The average molecular weight is 139 g/mol. The molecule has 0 bridgehead atoms. The van der Waals surface area contributed by atoms with Gasteiger partial charge in [0.1, 0.15) is 5.40 Å². The van der Waals surface area contributed by atoms with E-state index in [0.717, 1.165) is 11.8 Å². The van der Waals surface area contributed by atoms with Crippen LogP contribution in [0.15, 0.2) is 0 Å². The summed E-state index contributed by atoms with van der Waals surface area (Å²) < 4.78 is 9.82. The van der Waals surface area contributed by atoms with Crippen molar-refractivity contribution in [3.05, 3.63) is 0 Å². The van der Waals surface area contributed by atoms with Crippen LogP contribution in [0.4, 0.5) is 0 Å². The minimum Gasteiger partial charge on any atom is -1.00 e. The molecular formula is C4H6LiNO2S. The molecule has 1 aliphatic rings. The maximum absolute atomic E-state index is 8.08. The zero-order valence-electron chi connectivity index (χ0n) is 6.16. The molecule has 0 aromatic rings. The summed E-state index contributed by atoms with van der Waals surface area (Å²) in [6.45, 7) is 1.22. The zero-order chi connectivity index (χ0) is 5.82. The van der Waals surface area contributed by atoms with Crippen molar-refractivity contribution in [2.24, 2.45) is 0 Å². The van der Waals surface area contributed by atoms with E-state index in [1.54, 1.807) is 0 Å². The summed E-state index contributed by atoms with van der Waals surface area (Å²) in [4.78, 5) is 0. The summed E-state index contributed by atoms with van der Waals surface area (Å²) in [5, 5.41) is 9.96. The van der Waals surface area contributed by atoms with Crippen LogP contribution in [0.5, 0.6) is 0 Å². The number of nitriles is 1. The first-order valence-corrected chi connectivity index (χ1v) is 3.09. The third-order valence-corrected chi connectivity index (χ3v) is 1.31. The van der Waals surface area contributed by atoms with E-state index in [9.17, 15) is 0 Å². The van der Waals surface area contributed by atoms with Crippen LogP contribution in [-0.2, 0) is 9.47 Å². The minimum atomic E-state index is -0.333. The molecule has 3 nitrogen and oxygen atoms in total. The number of hydrogen-bond donors (Lipinski definition) is 0. The summed E-state index contributed by atoms with van der Waals surface area (Å²) >= 11 is 1.000. The van der Waals surface area contributed by atoms with Crippen LogP contribution in [0.25, 0.3) is 0 Å². The molecule has 0 N–H and O–H groups in total. The van der Waals surface area contributed by atoms with Gasteiger partial charge < -0.3 is 10.9 Å². The predicted octanol–water partition coefficient (Wildman–Crippen LogP) is -2.35. The number of ether oxygens (including phenoxy) is 2. The minimum absolute atomic E-state index is 0. The second-order valence-electron chi connectivity index (χ2n) is 1.24. The molecule has 0 spiro atoms. The topological polar surface area (TPSA) is 42.2 Å². The SMILES string of the molecule is N#CSC1OCCO1.[H-].[Li+]. The fourth-order valence-corrected chi connectivity index (χ4v) is 0.862. The molecule has 1 heterocycles. The first-order chi connectivity index (χ1) is 3.93. The van der Waals surface area contributed by atoms with E-state index in [4.69, 9.17) is 14.7 Å². The van der Waals surface area contributed by atoms with E-state index in [1.807, 2.05) is 5.40 Å². The van der Waals surface area contributed by atoms with Gasteiger partial charge in [0.15, 0.2) is 0 Å². The largest absolute Gasteiger partial charge is 1.00 e. The Bertz CT molecular complexity index is 114. The van der Waals surface area contributed by atoms with Gasteiger partial charge in [-0.25, -0.2) is 0 Å². The van der Waals surface area contributed by atoms with Gasteiger partial charge in [-0.2, -0.15) is 5.26 Å². The summed E-state index contributed by atoms with van der Waals surface area (Å²) in [6, 6.07) is 0. The molecule has 0 aromatic heterocycles. The monoisotopic (exact) mass is 139 g/mol. The number of hydrogen-bond acceptors (Lipinski definition) is 4. The van der Waals surface area contributed by atoms with Gasteiger partial charge in [-0.15, -0.1) is 0 Å². The third kappa shape index (κ3) is 3.15. The smallest absolute Gasteiger partial charge is 1.00 e. The van der Waals surface area contributed by atoms with Crippen molar-refractivity contribution >= 4 is 11.8 Å². The van der Waals surface area contributed by atoms with Crippen LogP contribution in [0.3, 0.4) is 0 Å². The Balaban J connectivity index is 0. The van der Waals surface area contributed by atoms with Crippen LogP contribution in [0, 0.1) is 10.7 Å². The molecule has 5 heteroatoms. The van der Waals surface area contributed by atoms with Crippen molar-refractivity contribution in [3.63, 3.8) is 0 Å². The molecule has 0 saturated carbocycles. The van der Waals surface area contributed by atoms with Gasteiger partial charge in [-0.05, 0) is 0 Å². The zero-order valence-corrected chi connectivity index (χ0v) is 5.98. The van der Waals surface area contributed by atoms with Crippen molar-refractivity contribution in [2.75, 3.05) is 13.2 Å². The second kappa shape index (κ2) is 5.17. The molecule has 0 unspecified atom stereocenters. The standard InChI is InChI=1S/C4H5NO2S.Li.H/c5-3-8-4-6-1-2-7-4;;/h4H,1-2H2;;/q;+1;-1. The van der Waals surface area contributed by atoms with Gasteiger partial charge in [0, 0.05) is 11.8 Å². The van der Waals surface area contributed by atoms with Crippen LogP contribution in [0.1, 0.15) is 1.43 Å².